The average Bonchev–Trinajstić information content (AvgIpc) is 2.74. The molecule has 3 heteroatoms. The van der Waals surface area contributed by atoms with Gasteiger partial charge < -0.3 is 4.74 Å². The Kier molecular flexibility index (Phi) is 4.17. The minimum atomic E-state index is 0.256. The summed E-state index contributed by atoms with van der Waals surface area (Å²) in [6, 6.07) is 8.46. The molecule has 0 aliphatic rings. The van der Waals surface area contributed by atoms with Crippen LogP contribution in [0.3, 0.4) is 0 Å². The lowest BCUT2D eigenvalue weighted by molar-refractivity contribution is 0.339. The van der Waals surface area contributed by atoms with Crippen molar-refractivity contribution in [2.75, 3.05) is 6.61 Å². The van der Waals surface area contributed by atoms with Crippen LogP contribution >= 0.6 is 0 Å². The highest BCUT2D eigenvalue weighted by atomic mass is 16.5. The van der Waals surface area contributed by atoms with Crippen molar-refractivity contribution < 1.29 is 4.74 Å². The maximum Gasteiger partial charge on any atom is 0.120 e. The smallest absolute Gasteiger partial charge is 0.120 e. The summed E-state index contributed by atoms with van der Waals surface area (Å²) in [6.45, 7) is 9.44. The number of aryl methyl sites for hydroxylation is 1. The molecule has 0 saturated heterocycles. The molecule has 0 radical (unpaired) electrons. The third kappa shape index (κ3) is 3.86. The third-order valence-corrected chi connectivity index (χ3v) is 3.02. The predicted molar refractivity (Wildman–Crippen MR) is 83.0 cm³/mol. The Morgan fingerprint density at radius 1 is 1.20 bits per heavy atom. The molecule has 1 aromatic heterocycles. The van der Waals surface area contributed by atoms with Crippen molar-refractivity contribution in [3.05, 3.63) is 36.0 Å². The van der Waals surface area contributed by atoms with Crippen LogP contribution in [0, 0.1) is 5.41 Å². The Balaban J connectivity index is 2.40. The molecule has 0 unspecified atom stereocenters. The lowest BCUT2D eigenvalue weighted by Gasteiger charge is -2.19. The summed E-state index contributed by atoms with van der Waals surface area (Å²) in [4.78, 5) is 0. The van der Waals surface area contributed by atoms with Crippen LogP contribution in [0.25, 0.3) is 11.3 Å². The molecule has 0 aliphatic heterocycles. The zero-order valence-corrected chi connectivity index (χ0v) is 13.1. The van der Waals surface area contributed by atoms with Gasteiger partial charge in [0, 0.05) is 18.8 Å². The fraction of sp³-hybridized carbons (Fsp3) is 0.471. The maximum atomic E-state index is 5.70. The van der Waals surface area contributed by atoms with E-state index < -0.39 is 0 Å². The molecule has 0 bridgehead atoms. The van der Waals surface area contributed by atoms with Gasteiger partial charge in [-0.05, 0) is 48.6 Å². The number of hydrogen-bond acceptors (Lipinski definition) is 2. The van der Waals surface area contributed by atoms with Crippen molar-refractivity contribution >= 4 is 0 Å². The molecule has 0 atom stereocenters. The van der Waals surface area contributed by atoms with Crippen LogP contribution in [0.15, 0.2) is 30.5 Å². The summed E-state index contributed by atoms with van der Waals surface area (Å²) in [6.07, 6.45) is 2.99. The third-order valence-electron chi connectivity index (χ3n) is 3.02. The van der Waals surface area contributed by atoms with E-state index in [9.17, 15) is 0 Å². The molecule has 3 nitrogen and oxygen atoms in total. The van der Waals surface area contributed by atoms with Crippen LogP contribution in [-0.2, 0) is 13.5 Å². The van der Waals surface area contributed by atoms with E-state index in [2.05, 4.69) is 44.1 Å². The summed E-state index contributed by atoms with van der Waals surface area (Å²) in [5.41, 5.74) is 3.66. The van der Waals surface area contributed by atoms with Crippen molar-refractivity contribution in [1.82, 2.24) is 9.78 Å². The number of ether oxygens (including phenoxy) is 1. The van der Waals surface area contributed by atoms with Gasteiger partial charge in [0.1, 0.15) is 5.75 Å². The van der Waals surface area contributed by atoms with E-state index >= 15 is 0 Å². The first-order valence-corrected chi connectivity index (χ1v) is 7.14. The molecule has 1 heterocycles. The molecular formula is C17H24N2O. The first-order valence-electron chi connectivity index (χ1n) is 7.14. The van der Waals surface area contributed by atoms with E-state index in [0.29, 0.717) is 6.61 Å². The van der Waals surface area contributed by atoms with Crippen LogP contribution in [0.4, 0.5) is 0 Å². The Hall–Kier alpha value is -1.77. The Morgan fingerprint density at radius 3 is 2.50 bits per heavy atom. The Bertz CT molecular complexity index is 579. The molecule has 2 rings (SSSR count). The van der Waals surface area contributed by atoms with Gasteiger partial charge in [-0.3, -0.25) is 4.68 Å². The second-order valence-corrected chi connectivity index (χ2v) is 6.41. The molecule has 0 N–H and O–H groups in total. The molecule has 0 amide bonds. The number of aromatic nitrogens is 2. The van der Waals surface area contributed by atoms with Gasteiger partial charge in [-0.25, -0.2) is 0 Å². The van der Waals surface area contributed by atoms with Crippen molar-refractivity contribution in [2.24, 2.45) is 12.5 Å². The van der Waals surface area contributed by atoms with Gasteiger partial charge in [0.2, 0.25) is 0 Å². The predicted octanol–water partition coefficient (Wildman–Crippen LogP) is 4.07. The summed E-state index contributed by atoms with van der Waals surface area (Å²) in [5.74, 6) is 0.926. The Morgan fingerprint density at radius 2 is 1.95 bits per heavy atom. The van der Waals surface area contributed by atoms with E-state index in [1.165, 1.54) is 5.56 Å². The molecule has 108 valence electrons. The topological polar surface area (TPSA) is 27.1 Å². The van der Waals surface area contributed by atoms with Gasteiger partial charge in [-0.2, -0.15) is 5.10 Å². The van der Waals surface area contributed by atoms with Gasteiger partial charge in [-0.15, -0.1) is 0 Å². The lowest BCUT2D eigenvalue weighted by atomic mass is 9.87. The van der Waals surface area contributed by atoms with Gasteiger partial charge >= 0.3 is 0 Å². The number of rotatable bonds is 4. The zero-order valence-electron chi connectivity index (χ0n) is 13.1. The second kappa shape index (κ2) is 5.70. The fourth-order valence-corrected chi connectivity index (χ4v) is 2.34. The van der Waals surface area contributed by atoms with Crippen molar-refractivity contribution in [3.63, 3.8) is 0 Å². The van der Waals surface area contributed by atoms with Crippen LogP contribution < -0.4 is 4.74 Å². The highest BCUT2D eigenvalue weighted by molar-refractivity contribution is 5.62. The molecule has 0 aliphatic carbocycles. The molecular weight excluding hydrogens is 248 g/mol. The van der Waals surface area contributed by atoms with Gasteiger partial charge in [0.05, 0.1) is 12.3 Å². The first kappa shape index (κ1) is 14.6. The molecule has 0 fully saturated rings. The monoisotopic (exact) mass is 272 g/mol. The summed E-state index contributed by atoms with van der Waals surface area (Å²) >= 11 is 0. The van der Waals surface area contributed by atoms with Crippen LogP contribution in [0.1, 0.15) is 33.3 Å². The maximum absolute atomic E-state index is 5.70. The number of nitrogens with zero attached hydrogens (tertiary/aromatic N) is 2. The number of benzene rings is 1. The van der Waals surface area contributed by atoms with E-state index in [-0.39, 0.29) is 5.41 Å². The van der Waals surface area contributed by atoms with Crippen molar-refractivity contribution in [2.45, 2.75) is 34.1 Å². The number of hydrogen-bond donors (Lipinski definition) is 0. The average molecular weight is 272 g/mol. The summed E-state index contributed by atoms with van der Waals surface area (Å²) in [7, 11) is 1.94. The molecule has 20 heavy (non-hydrogen) atoms. The molecule has 1 aromatic carbocycles. The van der Waals surface area contributed by atoms with Crippen LogP contribution in [0.2, 0.25) is 0 Å². The molecule has 0 spiro atoms. The summed E-state index contributed by atoms with van der Waals surface area (Å²) < 4.78 is 7.52. The SMILES string of the molecule is CCOc1cc(CC(C)(C)C)cc(-c2ccn(C)n2)c1. The lowest BCUT2D eigenvalue weighted by Crippen LogP contribution is -2.09. The highest BCUT2D eigenvalue weighted by Gasteiger charge is 2.14. The highest BCUT2D eigenvalue weighted by Crippen LogP contribution is 2.29. The van der Waals surface area contributed by atoms with Crippen molar-refractivity contribution in [3.8, 4) is 17.0 Å². The van der Waals surface area contributed by atoms with Gasteiger partial charge in [0.15, 0.2) is 0 Å². The van der Waals surface area contributed by atoms with E-state index in [0.717, 1.165) is 23.4 Å². The zero-order chi connectivity index (χ0) is 14.8. The van der Waals surface area contributed by atoms with E-state index in [1.54, 1.807) is 0 Å². The van der Waals surface area contributed by atoms with Gasteiger partial charge in [0.25, 0.3) is 0 Å². The van der Waals surface area contributed by atoms with Crippen LogP contribution in [0.5, 0.6) is 5.75 Å². The van der Waals surface area contributed by atoms with Gasteiger partial charge in [-0.1, -0.05) is 20.8 Å². The van der Waals surface area contributed by atoms with Crippen LogP contribution in [-0.4, -0.2) is 16.4 Å². The van der Waals surface area contributed by atoms with E-state index in [4.69, 9.17) is 4.74 Å². The quantitative estimate of drug-likeness (QED) is 0.838. The minimum absolute atomic E-state index is 0.256. The van der Waals surface area contributed by atoms with E-state index in [1.807, 2.05) is 30.9 Å². The normalized spacial score (nSPS) is 11.7. The molecule has 2 aromatic rings. The fourth-order valence-electron chi connectivity index (χ4n) is 2.34. The molecule has 0 saturated carbocycles. The summed E-state index contributed by atoms with van der Waals surface area (Å²) in [5, 5.41) is 4.48. The standard InChI is InChI=1S/C17H24N2O/c1-6-20-15-10-13(12-17(2,3)4)9-14(11-15)16-7-8-19(5)18-16/h7-11H,6,12H2,1-5H3. The largest absolute Gasteiger partial charge is 0.494 e. The first-order chi connectivity index (χ1) is 9.37. The van der Waals surface area contributed by atoms with Crippen molar-refractivity contribution in [1.29, 1.82) is 0 Å². The Labute approximate surface area is 121 Å². The minimum Gasteiger partial charge on any atom is -0.494 e. The second-order valence-electron chi connectivity index (χ2n) is 6.41.